The van der Waals surface area contributed by atoms with Gasteiger partial charge >= 0.3 is 5.97 Å². The summed E-state index contributed by atoms with van der Waals surface area (Å²) >= 11 is 0. The summed E-state index contributed by atoms with van der Waals surface area (Å²) in [7, 11) is 5.42. The summed E-state index contributed by atoms with van der Waals surface area (Å²) in [6, 6.07) is -0.463. The molecule has 2 N–H and O–H groups in total. The lowest BCUT2D eigenvalue weighted by atomic mass is 9.74. The predicted octanol–water partition coefficient (Wildman–Crippen LogP) is 3.18. The molecule has 1 aromatic heterocycles. The Kier molecular flexibility index (Phi) is 14.6. The van der Waals surface area contributed by atoms with Gasteiger partial charge in [0.15, 0.2) is 18.5 Å². The van der Waals surface area contributed by atoms with Crippen molar-refractivity contribution in [2.75, 3.05) is 40.9 Å². The number of esters is 1. The number of nitrogens with zero attached hydrogens (tertiary/aromatic N) is 3. The Hall–Kier alpha value is -2.42. The van der Waals surface area contributed by atoms with Gasteiger partial charge in [0.25, 0.3) is 0 Å². The number of ether oxygens (including phenoxy) is 4. The Balaban J connectivity index is 1.93. The van der Waals surface area contributed by atoms with Crippen LogP contribution in [-0.2, 0) is 39.9 Å². The standard InChI is InChI=1S/C35H60N4O9/c1-11-14-39-19-22(2)16-35(7,44-10)31(48-32-29(41)27(38(8)9)15-23(3)47-32)24(4)30(42)34(5,6)33(43)45-20-25(39)12-13-28(40)37-18-26-17-36-21-46-26/h17,21-25,27,29,31-32,41H,11-16,18-20H2,1-10H3,(H,37,40)/t22-,23-,24+,25-,27+,29-,31-,32+,35-/m1/s1. The fraction of sp³-hybridized carbons (Fsp3) is 0.829. The quantitative estimate of drug-likeness (QED) is 0.261. The van der Waals surface area contributed by atoms with Crippen LogP contribution in [0.4, 0.5) is 0 Å². The minimum absolute atomic E-state index is 0.0411. The minimum Gasteiger partial charge on any atom is -0.463 e. The molecule has 0 spiro atoms. The second-order valence-corrected chi connectivity index (χ2v) is 14.8. The maximum absolute atomic E-state index is 14.2. The molecule has 1 amide bonds. The zero-order valence-corrected chi connectivity index (χ0v) is 30.7. The smallest absolute Gasteiger partial charge is 0.319 e. The van der Waals surface area contributed by atoms with Crippen LogP contribution in [0.1, 0.15) is 86.3 Å². The van der Waals surface area contributed by atoms with E-state index in [4.69, 9.17) is 23.4 Å². The number of rotatable bonds is 11. The van der Waals surface area contributed by atoms with E-state index < -0.39 is 41.4 Å². The van der Waals surface area contributed by atoms with Crippen molar-refractivity contribution in [3.8, 4) is 0 Å². The van der Waals surface area contributed by atoms with Gasteiger partial charge in [0.1, 0.15) is 23.9 Å². The molecule has 274 valence electrons. The SMILES string of the molecule is CCCN1C[C@H](C)C[C@@](C)(OC)[C@H](O[C@@H]2O[C@H](C)C[C@H](N(C)C)[C@H]2O)[C@@H](C)C(=O)C(C)(C)C(=O)OC[C@H]1CCC(=O)NCc1cnco1. The summed E-state index contributed by atoms with van der Waals surface area (Å²) in [6.45, 7) is 14.6. The summed E-state index contributed by atoms with van der Waals surface area (Å²) in [5, 5.41) is 14.2. The van der Waals surface area contributed by atoms with Gasteiger partial charge in [-0.25, -0.2) is 4.98 Å². The van der Waals surface area contributed by atoms with E-state index in [0.717, 1.165) is 13.0 Å². The highest BCUT2D eigenvalue weighted by molar-refractivity contribution is 6.04. The van der Waals surface area contributed by atoms with Crippen molar-refractivity contribution in [2.45, 2.75) is 129 Å². The first-order chi connectivity index (χ1) is 22.5. The van der Waals surface area contributed by atoms with Crippen LogP contribution in [0.2, 0.25) is 0 Å². The number of aliphatic hydroxyl groups excluding tert-OH is 1. The molecule has 1 aromatic rings. The van der Waals surface area contributed by atoms with Crippen LogP contribution in [0.3, 0.4) is 0 Å². The van der Waals surface area contributed by atoms with Crippen LogP contribution in [0, 0.1) is 17.3 Å². The number of carbonyl (C=O) groups excluding carboxylic acids is 3. The average Bonchev–Trinajstić information content (AvgIpc) is 3.56. The number of oxazole rings is 1. The molecule has 0 aliphatic carbocycles. The van der Waals surface area contributed by atoms with Gasteiger partial charge < -0.3 is 38.7 Å². The Bertz CT molecular complexity index is 1180. The molecule has 13 heteroatoms. The van der Waals surface area contributed by atoms with Crippen LogP contribution < -0.4 is 5.32 Å². The molecule has 2 fully saturated rings. The zero-order valence-electron chi connectivity index (χ0n) is 30.7. The molecule has 2 aliphatic rings. The number of hydrogen-bond acceptors (Lipinski definition) is 12. The van der Waals surface area contributed by atoms with E-state index in [2.05, 4.69) is 29.0 Å². The average molecular weight is 681 g/mol. The number of aromatic nitrogens is 1. The molecule has 0 aromatic carbocycles. The van der Waals surface area contributed by atoms with Crippen LogP contribution in [-0.4, -0.2) is 121 Å². The van der Waals surface area contributed by atoms with Gasteiger partial charge in [-0.1, -0.05) is 20.8 Å². The fourth-order valence-electron chi connectivity index (χ4n) is 7.20. The van der Waals surface area contributed by atoms with E-state index >= 15 is 0 Å². The van der Waals surface area contributed by atoms with Crippen LogP contribution in [0.25, 0.3) is 0 Å². The van der Waals surface area contributed by atoms with Gasteiger partial charge in [-0.2, -0.15) is 0 Å². The van der Waals surface area contributed by atoms with Crippen LogP contribution in [0.15, 0.2) is 17.0 Å². The highest BCUT2D eigenvalue weighted by Gasteiger charge is 2.51. The molecule has 2 aliphatic heterocycles. The van der Waals surface area contributed by atoms with Gasteiger partial charge in [-0.3, -0.25) is 19.3 Å². The molecular weight excluding hydrogens is 620 g/mol. The maximum atomic E-state index is 14.2. The molecule has 3 heterocycles. The first-order valence-corrected chi connectivity index (χ1v) is 17.3. The van der Waals surface area contributed by atoms with Gasteiger partial charge in [0, 0.05) is 38.1 Å². The summed E-state index contributed by atoms with van der Waals surface area (Å²) in [5.74, 6) is -1.36. The number of aliphatic hydroxyl groups is 1. The number of likely N-dealkylation sites (N-methyl/N-ethyl adjacent to an activating group) is 1. The second-order valence-electron chi connectivity index (χ2n) is 14.8. The summed E-state index contributed by atoms with van der Waals surface area (Å²) in [6.07, 6.45) is 2.51. The van der Waals surface area contributed by atoms with E-state index in [9.17, 15) is 19.5 Å². The second kappa shape index (κ2) is 17.5. The van der Waals surface area contributed by atoms with Crippen molar-refractivity contribution in [3.05, 3.63) is 18.4 Å². The number of cyclic esters (lactones) is 1. The number of Topliss-reactive ketones (excluding diaryl/α,β-unsaturated/α-hetero) is 1. The maximum Gasteiger partial charge on any atom is 0.319 e. The van der Waals surface area contributed by atoms with Crippen molar-refractivity contribution < 1.29 is 42.9 Å². The van der Waals surface area contributed by atoms with Gasteiger partial charge in [0.2, 0.25) is 5.91 Å². The van der Waals surface area contributed by atoms with E-state index in [1.54, 1.807) is 34.1 Å². The van der Waals surface area contributed by atoms with E-state index in [1.807, 2.05) is 32.8 Å². The fourth-order valence-corrected chi connectivity index (χ4v) is 7.20. The van der Waals surface area contributed by atoms with Crippen LogP contribution >= 0.6 is 0 Å². The minimum atomic E-state index is -1.50. The van der Waals surface area contributed by atoms with Crippen molar-refractivity contribution in [1.29, 1.82) is 0 Å². The largest absolute Gasteiger partial charge is 0.463 e. The topological polar surface area (TPSA) is 153 Å². The molecule has 0 saturated carbocycles. The normalized spacial score (nSPS) is 34.2. The van der Waals surface area contributed by atoms with Gasteiger partial charge in [-0.05, 0) is 79.9 Å². The van der Waals surface area contributed by atoms with Crippen molar-refractivity contribution >= 4 is 17.7 Å². The van der Waals surface area contributed by atoms with E-state index in [0.29, 0.717) is 31.6 Å². The first-order valence-electron chi connectivity index (χ1n) is 17.3. The number of carbonyl (C=O) groups is 3. The Morgan fingerprint density at radius 1 is 1.21 bits per heavy atom. The zero-order chi connectivity index (χ0) is 35.8. The molecule has 0 bridgehead atoms. The summed E-state index contributed by atoms with van der Waals surface area (Å²) in [4.78, 5) is 48.8. The van der Waals surface area contributed by atoms with E-state index in [1.165, 1.54) is 6.39 Å². The van der Waals surface area contributed by atoms with Crippen molar-refractivity contribution in [3.63, 3.8) is 0 Å². The third kappa shape index (κ3) is 10.1. The van der Waals surface area contributed by atoms with Gasteiger partial charge in [0.05, 0.1) is 30.6 Å². The molecule has 0 unspecified atom stereocenters. The number of nitrogens with one attached hydrogen (secondary N) is 1. The Labute approximate surface area is 286 Å². The number of amides is 1. The van der Waals surface area contributed by atoms with Crippen molar-refractivity contribution in [2.24, 2.45) is 17.3 Å². The lowest BCUT2D eigenvalue weighted by Gasteiger charge is -2.47. The van der Waals surface area contributed by atoms with E-state index in [-0.39, 0.29) is 55.4 Å². The predicted molar refractivity (Wildman–Crippen MR) is 179 cm³/mol. The summed E-state index contributed by atoms with van der Waals surface area (Å²) < 4.78 is 30.1. The number of hydrogen-bond donors (Lipinski definition) is 2. The lowest BCUT2D eigenvalue weighted by molar-refractivity contribution is -0.295. The lowest BCUT2D eigenvalue weighted by Crippen LogP contribution is -2.59. The Morgan fingerprint density at radius 3 is 2.52 bits per heavy atom. The number of methoxy groups -OCH3 is 1. The molecular formula is C35H60N4O9. The molecule has 0 radical (unpaired) electrons. The molecule has 13 nitrogen and oxygen atoms in total. The highest BCUT2D eigenvalue weighted by atomic mass is 16.7. The first kappa shape index (κ1) is 40.0. The summed E-state index contributed by atoms with van der Waals surface area (Å²) in [5.41, 5.74) is -2.50. The molecule has 2 saturated heterocycles. The molecule has 48 heavy (non-hydrogen) atoms. The number of ketones is 1. The van der Waals surface area contributed by atoms with Crippen LogP contribution in [0.5, 0.6) is 0 Å². The third-order valence-electron chi connectivity index (χ3n) is 10.0. The highest BCUT2D eigenvalue weighted by Crippen LogP contribution is 2.38. The monoisotopic (exact) mass is 680 g/mol. The van der Waals surface area contributed by atoms with Gasteiger partial charge in [-0.15, -0.1) is 0 Å². The third-order valence-corrected chi connectivity index (χ3v) is 10.0. The molecule has 9 atom stereocenters. The Morgan fingerprint density at radius 2 is 1.92 bits per heavy atom. The van der Waals surface area contributed by atoms with Crippen molar-refractivity contribution in [1.82, 2.24) is 20.1 Å². The molecule has 3 rings (SSSR count).